The number of H-pyrrole nitrogens is 1. The van der Waals surface area contributed by atoms with E-state index >= 15 is 0 Å². The summed E-state index contributed by atoms with van der Waals surface area (Å²) in [5.74, 6) is 1.33. The molecule has 1 aliphatic heterocycles. The SMILES string of the molecule is Cc1nc(NC2CCCCNC2)cc(=O)[nH]1. The maximum absolute atomic E-state index is 11.3. The van der Waals surface area contributed by atoms with Crippen LogP contribution < -0.4 is 16.2 Å². The molecule has 2 heterocycles. The fourth-order valence-corrected chi connectivity index (χ4v) is 2.00. The van der Waals surface area contributed by atoms with Gasteiger partial charge in [0.15, 0.2) is 0 Å². The molecule has 16 heavy (non-hydrogen) atoms. The van der Waals surface area contributed by atoms with E-state index < -0.39 is 0 Å². The van der Waals surface area contributed by atoms with E-state index in [0.717, 1.165) is 19.5 Å². The Labute approximate surface area is 94.7 Å². The van der Waals surface area contributed by atoms with Crippen molar-refractivity contribution in [2.75, 3.05) is 18.4 Å². The summed E-state index contributed by atoms with van der Waals surface area (Å²) in [7, 11) is 0. The zero-order valence-corrected chi connectivity index (χ0v) is 9.55. The van der Waals surface area contributed by atoms with Crippen molar-refractivity contribution >= 4 is 5.82 Å². The largest absolute Gasteiger partial charge is 0.366 e. The predicted octanol–water partition coefficient (Wildman–Crippen LogP) is 0.632. The molecule has 1 atom stereocenters. The van der Waals surface area contributed by atoms with E-state index in [1.165, 1.54) is 18.9 Å². The number of nitrogens with zero attached hydrogens (tertiary/aromatic N) is 1. The summed E-state index contributed by atoms with van der Waals surface area (Å²) >= 11 is 0. The summed E-state index contributed by atoms with van der Waals surface area (Å²) in [5.41, 5.74) is -0.100. The molecule has 5 heteroatoms. The molecule has 3 N–H and O–H groups in total. The Kier molecular flexibility index (Phi) is 3.56. The molecule has 1 aromatic heterocycles. The van der Waals surface area contributed by atoms with Crippen LogP contribution in [0.15, 0.2) is 10.9 Å². The zero-order chi connectivity index (χ0) is 11.4. The first kappa shape index (κ1) is 11.1. The van der Waals surface area contributed by atoms with Gasteiger partial charge in [-0.05, 0) is 26.3 Å². The van der Waals surface area contributed by atoms with Gasteiger partial charge >= 0.3 is 0 Å². The fraction of sp³-hybridized carbons (Fsp3) is 0.636. The minimum atomic E-state index is -0.100. The topological polar surface area (TPSA) is 69.8 Å². The van der Waals surface area contributed by atoms with Crippen molar-refractivity contribution in [3.8, 4) is 0 Å². The lowest BCUT2D eigenvalue weighted by Crippen LogP contribution is -2.31. The molecule has 0 amide bonds. The molecule has 0 aromatic carbocycles. The van der Waals surface area contributed by atoms with Crippen molar-refractivity contribution in [1.82, 2.24) is 15.3 Å². The number of rotatable bonds is 2. The first-order valence-corrected chi connectivity index (χ1v) is 5.79. The van der Waals surface area contributed by atoms with Gasteiger partial charge in [0, 0.05) is 18.7 Å². The Morgan fingerprint density at radius 1 is 1.50 bits per heavy atom. The lowest BCUT2D eigenvalue weighted by Gasteiger charge is -2.16. The number of hydrogen-bond donors (Lipinski definition) is 3. The smallest absolute Gasteiger partial charge is 0.252 e. The fourth-order valence-electron chi connectivity index (χ4n) is 2.00. The quantitative estimate of drug-likeness (QED) is 0.686. The molecule has 1 aromatic rings. The second kappa shape index (κ2) is 5.12. The van der Waals surface area contributed by atoms with Crippen LogP contribution in [0.4, 0.5) is 5.82 Å². The van der Waals surface area contributed by atoms with Gasteiger partial charge in [0.1, 0.15) is 11.6 Å². The van der Waals surface area contributed by atoms with Crippen LogP contribution >= 0.6 is 0 Å². The first-order valence-electron chi connectivity index (χ1n) is 5.79. The average Bonchev–Trinajstić information content (AvgIpc) is 2.44. The van der Waals surface area contributed by atoms with E-state index in [2.05, 4.69) is 20.6 Å². The van der Waals surface area contributed by atoms with Gasteiger partial charge in [-0.2, -0.15) is 0 Å². The van der Waals surface area contributed by atoms with Crippen LogP contribution in [-0.4, -0.2) is 29.1 Å². The summed E-state index contributed by atoms with van der Waals surface area (Å²) in [4.78, 5) is 18.2. The van der Waals surface area contributed by atoms with Crippen LogP contribution in [0, 0.1) is 6.92 Å². The maximum atomic E-state index is 11.3. The van der Waals surface area contributed by atoms with Gasteiger partial charge in [0.2, 0.25) is 0 Å². The lowest BCUT2D eigenvalue weighted by molar-refractivity contribution is 0.633. The molecule has 0 radical (unpaired) electrons. The first-order chi connectivity index (χ1) is 7.74. The second-order valence-corrected chi connectivity index (χ2v) is 4.26. The number of anilines is 1. The van der Waals surface area contributed by atoms with Gasteiger partial charge in [0.05, 0.1) is 0 Å². The molecule has 2 rings (SSSR count). The molecule has 0 bridgehead atoms. The number of aromatic amines is 1. The number of aryl methyl sites for hydroxylation is 1. The van der Waals surface area contributed by atoms with E-state index in [9.17, 15) is 4.79 Å². The summed E-state index contributed by atoms with van der Waals surface area (Å²) < 4.78 is 0. The van der Waals surface area contributed by atoms with Crippen LogP contribution in [0.5, 0.6) is 0 Å². The third-order valence-electron chi connectivity index (χ3n) is 2.76. The molecule has 0 saturated carbocycles. The van der Waals surface area contributed by atoms with Gasteiger partial charge in [-0.3, -0.25) is 4.79 Å². The Balaban J connectivity index is 2.04. The van der Waals surface area contributed by atoms with Gasteiger partial charge in [-0.1, -0.05) is 6.42 Å². The summed E-state index contributed by atoms with van der Waals surface area (Å²) in [6, 6.07) is 1.88. The van der Waals surface area contributed by atoms with Crippen molar-refractivity contribution in [3.63, 3.8) is 0 Å². The van der Waals surface area contributed by atoms with E-state index in [4.69, 9.17) is 0 Å². The Morgan fingerprint density at radius 2 is 2.38 bits per heavy atom. The van der Waals surface area contributed by atoms with Crippen molar-refractivity contribution in [3.05, 3.63) is 22.2 Å². The Hall–Kier alpha value is -1.36. The molecule has 1 saturated heterocycles. The highest BCUT2D eigenvalue weighted by atomic mass is 16.1. The standard InChI is InChI=1S/C11H18N4O/c1-8-13-10(6-11(16)14-8)15-9-4-2-3-5-12-7-9/h6,9,12H,2-5,7H2,1H3,(H2,13,14,15,16). The van der Waals surface area contributed by atoms with E-state index in [1.807, 2.05) is 0 Å². The molecule has 5 nitrogen and oxygen atoms in total. The van der Waals surface area contributed by atoms with Gasteiger partial charge in [-0.15, -0.1) is 0 Å². The highest BCUT2D eigenvalue weighted by Crippen LogP contribution is 2.09. The highest BCUT2D eigenvalue weighted by Gasteiger charge is 2.12. The van der Waals surface area contributed by atoms with Crippen molar-refractivity contribution in [1.29, 1.82) is 0 Å². The monoisotopic (exact) mass is 222 g/mol. The number of aromatic nitrogens is 2. The summed E-state index contributed by atoms with van der Waals surface area (Å²) in [6.45, 7) is 3.81. The third-order valence-corrected chi connectivity index (χ3v) is 2.76. The lowest BCUT2D eigenvalue weighted by atomic mass is 10.1. The van der Waals surface area contributed by atoms with E-state index in [0.29, 0.717) is 17.7 Å². The molecular formula is C11H18N4O. The normalized spacial score (nSPS) is 21.4. The Bertz CT molecular complexity index is 393. The minimum Gasteiger partial charge on any atom is -0.366 e. The summed E-state index contributed by atoms with van der Waals surface area (Å²) in [5, 5.41) is 6.68. The Morgan fingerprint density at radius 3 is 3.19 bits per heavy atom. The molecule has 1 fully saturated rings. The zero-order valence-electron chi connectivity index (χ0n) is 9.55. The average molecular weight is 222 g/mol. The molecular weight excluding hydrogens is 204 g/mol. The van der Waals surface area contributed by atoms with Crippen molar-refractivity contribution in [2.45, 2.75) is 32.2 Å². The van der Waals surface area contributed by atoms with Crippen LogP contribution in [0.2, 0.25) is 0 Å². The molecule has 1 unspecified atom stereocenters. The number of nitrogens with one attached hydrogen (secondary N) is 3. The summed E-state index contributed by atoms with van der Waals surface area (Å²) in [6.07, 6.45) is 3.56. The molecule has 0 spiro atoms. The van der Waals surface area contributed by atoms with E-state index in [-0.39, 0.29) is 5.56 Å². The molecule has 88 valence electrons. The van der Waals surface area contributed by atoms with E-state index in [1.54, 1.807) is 6.92 Å². The predicted molar refractivity (Wildman–Crippen MR) is 63.7 cm³/mol. The van der Waals surface area contributed by atoms with Gasteiger partial charge in [0.25, 0.3) is 5.56 Å². The second-order valence-electron chi connectivity index (χ2n) is 4.26. The van der Waals surface area contributed by atoms with Crippen LogP contribution in [0.25, 0.3) is 0 Å². The van der Waals surface area contributed by atoms with Crippen LogP contribution in [-0.2, 0) is 0 Å². The molecule has 0 aliphatic carbocycles. The van der Waals surface area contributed by atoms with Gasteiger partial charge < -0.3 is 15.6 Å². The maximum Gasteiger partial charge on any atom is 0.252 e. The molecule has 1 aliphatic rings. The van der Waals surface area contributed by atoms with Gasteiger partial charge in [-0.25, -0.2) is 4.98 Å². The number of hydrogen-bond acceptors (Lipinski definition) is 4. The third kappa shape index (κ3) is 3.06. The van der Waals surface area contributed by atoms with Crippen LogP contribution in [0.1, 0.15) is 25.1 Å². The van der Waals surface area contributed by atoms with Crippen LogP contribution in [0.3, 0.4) is 0 Å². The minimum absolute atomic E-state index is 0.100. The van der Waals surface area contributed by atoms with Crippen molar-refractivity contribution < 1.29 is 0 Å². The van der Waals surface area contributed by atoms with Crippen molar-refractivity contribution in [2.24, 2.45) is 0 Å². The highest BCUT2D eigenvalue weighted by molar-refractivity contribution is 5.34.